The molecule has 0 radical (unpaired) electrons. The Morgan fingerprint density at radius 3 is 2.30 bits per heavy atom. The van der Waals surface area contributed by atoms with Crippen LogP contribution in [0.5, 0.6) is 0 Å². The molecule has 282 valence electrons. The summed E-state index contributed by atoms with van der Waals surface area (Å²) in [5.41, 5.74) is 2.74. The molecule has 1 amide bonds. The number of carbonyl (C=O) groups excluding carboxylic acids is 1. The van der Waals surface area contributed by atoms with Crippen molar-refractivity contribution in [2.24, 2.45) is 5.92 Å². The summed E-state index contributed by atoms with van der Waals surface area (Å²) >= 11 is 13.9. The normalized spacial score (nSPS) is 17.4. The zero-order valence-corrected chi connectivity index (χ0v) is 30.7. The fourth-order valence-corrected chi connectivity index (χ4v) is 8.13. The van der Waals surface area contributed by atoms with Gasteiger partial charge in [0, 0.05) is 42.3 Å². The maximum Gasteiger partial charge on any atom is 0.416 e. The lowest BCUT2D eigenvalue weighted by molar-refractivity contribution is -0.172. The number of nitrogens with one attached hydrogen (secondary N) is 1. The Balaban J connectivity index is 1.47. The van der Waals surface area contributed by atoms with E-state index in [-0.39, 0.29) is 40.6 Å². The molecule has 19 heteroatoms. The molecule has 0 bridgehead atoms. The van der Waals surface area contributed by atoms with E-state index in [0.29, 0.717) is 33.4 Å². The van der Waals surface area contributed by atoms with Crippen LogP contribution in [0.3, 0.4) is 0 Å². The molecule has 53 heavy (non-hydrogen) atoms. The van der Waals surface area contributed by atoms with E-state index in [1.54, 1.807) is 29.3 Å². The molecule has 1 N–H and O–H groups in total. The van der Waals surface area contributed by atoms with E-state index in [4.69, 9.17) is 23.2 Å². The quantitative estimate of drug-likeness (QED) is 0.108. The second kappa shape index (κ2) is 16.0. The average molecular weight is 820 g/mol. The summed E-state index contributed by atoms with van der Waals surface area (Å²) in [6, 6.07) is 12.2. The lowest BCUT2D eigenvalue weighted by atomic mass is 10.1. The fraction of sp³-hybridized carbons (Fsp3) is 0.353. The highest BCUT2D eigenvalue weighted by Crippen LogP contribution is 2.39. The number of rotatable bonds is 8. The summed E-state index contributed by atoms with van der Waals surface area (Å²) in [6.45, 7) is -0.213. The molecule has 1 atom stereocenters. The Morgan fingerprint density at radius 1 is 0.962 bits per heavy atom. The van der Waals surface area contributed by atoms with Gasteiger partial charge >= 0.3 is 12.4 Å². The van der Waals surface area contributed by atoms with Crippen molar-refractivity contribution in [2.75, 3.05) is 26.2 Å². The first-order valence-corrected chi connectivity index (χ1v) is 18.9. The molecular formula is C34H30Cl2F6N6O3S2. The lowest BCUT2D eigenvalue weighted by Gasteiger charge is -2.28. The van der Waals surface area contributed by atoms with Crippen molar-refractivity contribution in [1.29, 1.82) is 0 Å². The second-order valence-electron chi connectivity index (χ2n) is 12.4. The number of hydrogen-bond donors (Lipinski definition) is 2. The number of carbonyl (C=O) groups is 1. The Hall–Kier alpha value is -3.63. The maximum absolute atomic E-state index is 14.0. The maximum atomic E-state index is 14.0. The van der Waals surface area contributed by atoms with Crippen LogP contribution in [0.2, 0.25) is 10.0 Å². The van der Waals surface area contributed by atoms with Crippen LogP contribution in [0, 0.1) is 17.8 Å². The number of halogens is 8. The van der Waals surface area contributed by atoms with Gasteiger partial charge in [-0.2, -0.15) is 31.4 Å². The van der Waals surface area contributed by atoms with Crippen molar-refractivity contribution < 1.29 is 39.6 Å². The van der Waals surface area contributed by atoms with Crippen LogP contribution in [-0.4, -0.2) is 70.9 Å². The topological polar surface area (TPSA) is 90.8 Å². The first-order chi connectivity index (χ1) is 25.1. The highest BCUT2D eigenvalue weighted by atomic mass is 35.5. The summed E-state index contributed by atoms with van der Waals surface area (Å²) in [6.07, 6.45) is -6.71. The van der Waals surface area contributed by atoms with Gasteiger partial charge in [-0.25, -0.2) is 23.1 Å². The van der Waals surface area contributed by atoms with Gasteiger partial charge < -0.3 is 0 Å². The third-order valence-corrected chi connectivity index (χ3v) is 11.1. The number of hydrazine groups is 2. The molecule has 2 saturated heterocycles. The van der Waals surface area contributed by atoms with Crippen LogP contribution in [0.15, 0.2) is 54.6 Å². The van der Waals surface area contributed by atoms with Crippen molar-refractivity contribution >= 4 is 51.3 Å². The number of piperidine rings is 1. The smallest absolute Gasteiger partial charge is 0.283 e. The van der Waals surface area contributed by atoms with Gasteiger partial charge in [0.25, 0.3) is 5.91 Å². The molecule has 6 rings (SSSR count). The van der Waals surface area contributed by atoms with Gasteiger partial charge in [0.15, 0.2) is 5.69 Å². The summed E-state index contributed by atoms with van der Waals surface area (Å²) in [5.74, 6) is 3.33. The summed E-state index contributed by atoms with van der Waals surface area (Å²) < 4.78 is 108. The third kappa shape index (κ3) is 9.19. The van der Waals surface area contributed by atoms with E-state index < -0.39 is 53.7 Å². The minimum absolute atomic E-state index is 0.0873. The number of benzene rings is 2. The Kier molecular flexibility index (Phi) is 11.8. The Labute approximate surface area is 316 Å². The van der Waals surface area contributed by atoms with Crippen LogP contribution < -0.4 is 5.43 Å². The average Bonchev–Trinajstić information content (AvgIpc) is 3.85. The SMILES string of the molecule is O=C(NN1CCCCC1)c1nn(-c2ccc(Cl)cc2Cl)c(-c2ccc(C#Cc3ccc(C(F)(F)F)cc3)s2)c1CN(N1CCC(C(F)(F)F)C1)[SH](=O)=O. The molecule has 4 heterocycles. The highest BCUT2D eigenvalue weighted by molar-refractivity contribution is 7.69. The highest BCUT2D eigenvalue weighted by Gasteiger charge is 2.45. The molecule has 0 saturated carbocycles. The van der Waals surface area contributed by atoms with Crippen molar-refractivity contribution in [1.82, 2.24) is 29.6 Å². The van der Waals surface area contributed by atoms with Gasteiger partial charge in [0.2, 0.25) is 10.9 Å². The molecular weight excluding hydrogens is 789 g/mol. The second-order valence-corrected chi connectivity index (χ2v) is 15.2. The molecule has 2 aromatic heterocycles. The number of hydrogen-bond acceptors (Lipinski definition) is 7. The van der Waals surface area contributed by atoms with Crippen LogP contribution in [-0.2, 0) is 23.6 Å². The molecule has 2 aromatic carbocycles. The number of thiol groups is 1. The first kappa shape index (κ1) is 39.1. The molecule has 0 aliphatic carbocycles. The monoisotopic (exact) mass is 818 g/mol. The largest absolute Gasteiger partial charge is 0.416 e. The molecule has 9 nitrogen and oxygen atoms in total. The van der Waals surface area contributed by atoms with E-state index in [2.05, 4.69) is 22.4 Å². The number of thiophene rings is 1. The summed E-state index contributed by atoms with van der Waals surface area (Å²) in [5, 5.41) is 7.90. The van der Waals surface area contributed by atoms with E-state index in [1.165, 1.54) is 22.9 Å². The zero-order valence-electron chi connectivity index (χ0n) is 27.5. The Morgan fingerprint density at radius 2 is 1.68 bits per heavy atom. The lowest BCUT2D eigenvalue weighted by Crippen LogP contribution is -2.45. The van der Waals surface area contributed by atoms with Crippen molar-refractivity contribution in [2.45, 2.75) is 44.6 Å². The Bertz CT molecular complexity index is 2110. The van der Waals surface area contributed by atoms with Crippen LogP contribution >= 0.6 is 34.5 Å². The van der Waals surface area contributed by atoms with Gasteiger partial charge in [0.05, 0.1) is 44.2 Å². The standard InChI is InChI=1S/C34H30Cl2F6N6O3S2/c35-24-9-12-28(27(36)18-24)48-31(29-13-11-25(52-29)10-6-21-4-7-22(8-5-21)33(37,38)39)26(30(43-48)32(49)44-45-15-2-1-3-16-45)20-47(53(50)51)46-17-14-23(19-46)34(40,41)42/h4-5,7-9,11-13,18,23,53H,1-3,14-17,19-20H2,(H,44,49). The summed E-state index contributed by atoms with van der Waals surface area (Å²) in [4.78, 5) is 14.9. The van der Waals surface area contributed by atoms with E-state index in [0.717, 1.165) is 52.2 Å². The predicted octanol–water partition coefficient (Wildman–Crippen LogP) is 7.58. The van der Waals surface area contributed by atoms with Crippen LogP contribution in [0.4, 0.5) is 26.3 Å². The van der Waals surface area contributed by atoms with Gasteiger partial charge in [-0.3, -0.25) is 10.2 Å². The number of alkyl halides is 6. The minimum atomic E-state index is -4.54. The van der Waals surface area contributed by atoms with Crippen LogP contribution in [0.25, 0.3) is 16.3 Å². The van der Waals surface area contributed by atoms with Gasteiger partial charge in [-0.05, 0) is 73.9 Å². The molecule has 4 aromatic rings. The number of amides is 1. The van der Waals surface area contributed by atoms with Gasteiger partial charge in [-0.1, -0.05) is 41.5 Å². The van der Waals surface area contributed by atoms with Gasteiger partial charge in [-0.15, -0.1) is 15.8 Å². The molecule has 2 fully saturated rings. The van der Waals surface area contributed by atoms with Crippen molar-refractivity contribution in [3.63, 3.8) is 0 Å². The van der Waals surface area contributed by atoms with Gasteiger partial charge in [0.1, 0.15) is 0 Å². The molecule has 0 spiro atoms. The summed E-state index contributed by atoms with van der Waals surface area (Å²) in [7, 11) is -3.49. The van der Waals surface area contributed by atoms with Crippen LogP contribution in [0.1, 0.15) is 57.7 Å². The molecule has 2 aliphatic rings. The zero-order chi connectivity index (χ0) is 38.1. The first-order valence-electron chi connectivity index (χ1n) is 16.2. The van der Waals surface area contributed by atoms with E-state index in [1.807, 2.05) is 0 Å². The molecule has 1 unspecified atom stereocenters. The van der Waals surface area contributed by atoms with E-state index in [9.17, 15) is 39.6 Å². The minimum Gasteiger partial charge on any atom is -0.283 e. The molecule has 2 aliphatic heterocycles. The number of aromatic nitrogens is 2. The van der Waals surface area contributed by atoms with E-state index >= 15 is 0 Å². The van der Waals surface area contributed by atoms with Crippen molar-refractivity contribution in [3.8, 4) is 28.1 Å². The van der Waals surface area contributed by atoms with Crippen molar-refractivity contribution in [3.05, 3.63) is 91.9 Å². The number of nitrogens with zero attached hydrogens (tertiary/aromatic N) is 5. The fourth-order valence-electron chi connectivity index (χ4n) is 6.10. The predicted molar refractivity (Wildman–Crippen MR) is 189 cm³/mol. The third-order valence-electron chi connectivity index (χ3n) is 8.78.